The highest BCUT2D eigenvalue weighted by Gasteiger charge is 2.10. The number of esters is 2. The molecule has 0 fully saturated rings. The van der Waals surface area contributed by atoms with Crippen LogP contribution >= 0.6 is 0 Å². The van der Waals surface area contributed by atoms with Crippen LogP contribution in [0.5, 0.6) is 0 Å². The van der Waals surface area contributed by atoms with Crippen molar-refractivity contribution in [3.05, 3.63) is 12.2 Å². The number of ether oxygens (including phenoxy) is 1. The number of carbonyl (C=O) groups excluding carboxylic acids is 2. The molecule has 104 valence electrons. The van der Waals surface area contributed by atoms with Gasteiger partial charge in [0.2, 0.25) is 0 Å². The first-order valence-electron chi connectivity index (χ1n) is 6.56. The molecule has 0 spiro atoms. The van der Waals surface area contributed by atoms with Crippen LogP contribution in [0, 0.1) is 11.8 Å². The molecule has 0 aliphatic carbocycles. The zero-order chi connectivity index (χ0) is 14.0. The summed E-state index contributed by atoms with van der Waals surface area (Å²) in [6.07, 6.45) is 4.78. The quantitative estimate of drug-likeness (QED) is 0.449. The fraction of sp³-hybridized carbons (Fsp3) is 0.714. The Morgan fingerprint density at radius 3 is 1.56 bits per heavy atom. The molecule has 0 amide bonds. The highest BCUT2D eigenvalue weighted by atomic mass is 16.6. The topological polar surface area (TPSA) is 55.4 Å². The van der Waals surface area contributed by atoms with Gasteiger partial charge in [0.15, 0.2) is 0 Å². The van der Waals surface area contributed by atoms with E-state index in [1.165, 1.54) is 25.9 Å². The Hall–Kier alpha value is -1.16. The van der Waals surface area contributed by atoms with E-state index in [2.05, 4.69) is 37.7 Å². The Kier molecular flexibility index (Phi) is 9.19. The van der Waals surface area contributed by atoms with E-state index < -0.39 is 11.9 Å². The van der Waals surface area contributed by atoms with Crippen molar-refractivity contribution in [1.29, 1.82) is 0 Å². The number of cyclic esters (lactones) is 2. The molecule has 0 saturated heterocycles. The van der Waals surface area contributed by atoms with Crippen molar-refractivity contribution in [1.82, 2.24) is 5.32 Å². The summed E-state index contributed by atoms with van der Waals surface area (Å²) in [6, 6.07) is 0. The van der Waals surface area contributed by atoms with Gasteiger partial charge < -0.3 is 10.1 Å². The third-order valence-corrected chi connectivity index (χ3v) is 2.35. The van der Waals surface area contributed by atoms with Gasteiger partial charge in [-0.25, -0.2) is 9.59 Å². The predicted octanol–water partition coefficient (Wildman–Crippen LogP) is 2.29. The van der Waals surface area contributed by atoms with Gasteiger partial charge in [0.1, 0.15) is 0 Å². The molecule has 18 heavy (non-hydrogen) atoms. The molecule has 0 bridgehead atoms. The highest BCUT2D eigenvalue weighted by Crippen LogP contribution is 1.98. The summed E-state index contributed by atoms with van der Waals surface area (Å²) in [5, 5.41) is 3.45. The Morgan fingerprint density at radius 2 is 1.33 bits per heavy atom. The molecule has 1 N–H and O–H groups in total. The maximum Gasteiger partial charge on any atom is 0.338 e. The standard InChI is InChI=1S/C10H23N.C4H2O3/c1-9(2)5-7-11-8-6-10(3)4;5-3-1-2-4(6)7-3/h9-11H,5-8H2,1-4H3;1-2H. The van der Waals surface area contributed by atoms with E-state index in [0.717, 1.165) is 24.0 Å². The largest absolute Gasteiger partial charge is 0.387 e. The highest BCUT2D eigenvalue weighted by molar-refractivity contribution is 6.04. The maximum absolute atomic E-state index is 9.92. The van der Waals surface area contributed by atoms with Crippen LogP contribution in [0.4, 0.5) is 0 Å². The summed E-state index contributed by atoms with van der Waals surface area (Å²) < 4.78 is 3.97. The van der Waals surface area contributed by atoms with Gasteiger partial charge >= 0.3 is 11.9 Å². The van der Waals surface area contributed by atoms with Crippen LogP contribution in [-0.2, 0) is 14.3 Å². The van der Waals surface area contributed by atoms with E-state index in [-0.39, 0.29) is 0 Å². The van der Waals surface area contributed by atoms with Crippen molar-refractivity contribution in [2.45, 2.75) is 40.5 Å². The molecule has 1 aliphatic heterocycles. The first-order valence-corrected chi connectivity index (χ1v) is 6.56. The second-order valence-corrected chi connectivity index (χ2v) is 5.19. The van der Waals surface area contributed by atoms with Gasteiger partial charge in [0.05, 0.1) is 0 Å². The normalized spacial score (nSPS) is 13.9. The summed E-state index contributed by atoms with van der Waals surface area (Å²) in [6.45, 7) is 11.4. The van der Waals surface area contributed by atoms with Gasteiger partial charge in [-0.2, -0.15) is 0 Å². The fourth-order valence-corrected chi connectivity index (χ4v) is 1.21. The van der Waals surface area contributed by atoms with E-state index in [4.69, 9.17) is 0 Å². The molecule has 0 atom stereocenters. The number of carbonyl (C=O) groups is 2. The van der Waals surface area contributed by atoms with Gasteiger partial charge in [0.25, 0.3) is 0 Å². The SMILES string of the molecule is CC(C)CCNCCC(C)C.O=C1C=CC(=O)O1. The Morgan fingerprint density at radius 1 is 0.944 bits per heavy atom. The lowest BCUT2D eigenvalue weighted by Crippen LogP contribution is -2.19. The molecular formula is C14H25NO3. The van der Waals surface area contributed by atoms with Crippen LogP contribution in [0.25, 0.3) is 0 Å². The molecule has 0 radical (unpaired) electrons. The monoisotopic (exact) mass is 255 g/mol. The molecule has 0 unspecified atom stereocenters. The van der Waals surface area contributed by atoms with E-state index >= 15 is 0 Å². The summed E-state index contributed by atoms with van der Waals surface area (Å²) in [4.78, 5) is 19.8. The molecule has 0 aromatic rings. The minimum Gasteiger partial charge on any atom is -0.387 e. The van der Waals surface area contributed by atoms with Crippen molar-refractivity contribution >= 4 is 11.9 Å². The summed E-state index contributed by atoms with van der Waals surface area (Å²) in [5.41, 5.74) is 0. The minimum absolute atomic E-state index is 0.579. The second-order valence-electron chi connectivity index (χ2n) is 5.19. The number of hydrogen-bond acceptors (Lipinski definition) is 4. The fourth-order valence-electron chi connectivity index (χ4n) is 1.21. The van der Waals surface area contributed by atoms with Gasteiger partial charge in [-0.15, -0.1) is 0 Å². The number of hydrogen-bond donors (Lipinski definition) is 1. The van der Waals surface area contributed by atoms with Gasteiger partial charge in [-0.3, -0.25) is 0 Å². The molecule has 1 rings (SSSR count). The molecule has 4 heteroatoms. The van der Waals surface area contributed by atoms with Crippen LogP contribution in [0.1, 0.15) is 40.5 Å². The average molecular weight is 255 g/mol. The maximum atomic E-state index is 9.92. The molecule has 1 heterocycles. The molecule has 0 aromatic carbocycles. The lowest BCUT2D eigenvalue weighted by Gasteiger charge is -2.07. The lowest BCUT2D eigenvalue weighted by atomic mass is 10.1. The van der Waals surface area contributed by atoms with Crippen molar-refractivity contribution < 1.29 is 14.3 Å². The Bertz CT molecular complexity index is 257. The zero-order valence-electron chi connectivity index (χ0n) is 11.9. The summed E-state index contributed by atoms with van der Waals surface area (Å²) in [5.74, 6) is 0.512. The van der Waals surface area contributed by atoms with Crippen molar-refractivity contribution in [3.8, 4) is 0 Å². The Balaban J connectivity index is 0.000000351. The Labute approximate surface area is 110 Å². The van der Waals surface area contributed by atoms with Crippen LogP contribution in [-0.4, -0.2) is 25.0 Å². The predicted molar refractivity (Wildman–Crippen MR) is 72.0 cm³/mol. The smallest absolute Gasteiger partial charge is 0.338 e. The minimum atomic E-state index is -0.579. The van der Waals surface area contributed by atoms with Crippen molar-refractivity contribution in [3.63, 3.8) is 0 Å². The first-order chi connectivity index (χ1) is 8.41. The summed E-state index contributed by atoms with van der Waals surface area (Å²) >= 11 is 0. The zero-order valence-corrected chi connectivity index (χ0v) is 11.9. The van der Waals surface area contributed by atoms with Crippen LogP contribution < -0.4 is 5.32 Å². The second kappa shape index (κ2) is 9.83. The number of rotatable bonds is 6. The van der Waals surface area contributed by atoms with Gasteiger partial charge in [-0.1, -0.05) is 27.7 Å². The van der Waals surface area contributed by atoms with E-state index in [0.29, 0.717) is 0 Å². The lowest BCUT2D eigenvalue weighted by molar-refractivity contribution is -0.150. The molecule has 1 aliphatic rings. The third-order valence-electron chi connectivity index (χ3n) is 2.35. The molecular weight excluding hydrogens is 230 g/mol. The molecule has 0 saturated carbocycles. The first kappa shape index (κ1) is 16.8. The average Bonchev–Trinajstić information content (AvgIpc) is 2.62. The molecule has 0 aromatic heterocycles. The summed E-state index contributed by atoms with van der Waals surface area (Å²) in [7, 11) is 0. The van der Waals surface area contributed by atoms with Crippen LogP contribution in [0.3, 0.4) is 0 Å². The van der Waals surface area contributed by atoms with E-state index in [1.807, 2.05) is 0 Å². The van der Waals surface area contributed by atoms with Crippen LogP contribution in [0.15, 0.2) is 12.2 Å². The van der Waals surface area contributed by atoms with Crippen molar-refractivity contribution in [2.75, 3.05) is 13.1 Å². The van der Waals surface area contributed by atoms with E-state index in [1.54, 1.807) is 0 Å². The van der Waals surface area contributed by atoms with Crippen molar-refractivity contribution in [2.24, 2.45) is 11.8 Å². The molecule has 4 nitrogen and oxygen atoms in total. The number of nitrogens with one attached hydrogen (secondary N) is 1. The van der Waals surface area contributed by atoms with E-state index in [9.17, 15) is 9.59 Å². The third kappa shape index (κ3) is 11.3. The van der Waals surface area contributed by atoms with Gasteiger partial charge in [0, 0.05) is 12.2 Å². The van der Waals surface area contributed by atoms with Gasteiger partial charge in [-0.05, 0) is 37.8 Å². The van der Waals surface area contributed by atoms with Crippen LogP contribution in [0.2, 0.25) is 0 Å².